The van der Waals surface area contributed by atoms with E-state index >= 15 is 0 Å². The van der Waals surface area contributed by atoms with Gasteiger partial charge in [-0.3, -0.25) is 0 Å². The van der Waals surface area contributed by atoms with Gasteiger partial charge in [-0.2, -0.15) is 0 Å². The maximum Gasteiger partial charge on any atom is 0.192 e. The highest BCUT2D eigenvalue weighted by atomic mass is 16.5. The molecule has 0 fully saturated rings. The fourth-order valence-electron chi connectivity index (χ4n) is 2.58. The fourth-order valence-corrected chi connectivity index (χ4v) is 2.58. The van der Waals surface area contributed by atoms with Crippen molar-refractivity contribution in [3.05, 3.63) is 71.3 Å². The molecule has 134 valence electrons. The Bertz CT molecular complexity index is 655. The van der Waals surface area contributed by atoms with Crippen LogP contribution in [0.2, 0.25) is 0 Å². The maximum absolute atomic E-state index is 5.56. The van der Waals surface area contributed by atoms with E-state index < -0.39 is 0 Å². The average Bonchev–Trinajstić information content (AvgIpc) is 2.66. The Labute approximate surface area is 151 Å². The lowest BCUT2D eigenvalue weighted by molar-refractivity contribution is 0.133. The lowest BCUT2D eigenvalue weighted by Crippen LogP contribution is -2.38. The number of ether oxygens (including phenoxy) is 1. The molecule has 0 spiro atoms. The number of nitrogens with zero attached hydrogens (tertiary/aromatic N) is 1. The van der Waals surface area contributed by atoms with Gasteiger partial charge in [0.25, 0.3) is 0 Å². The first-order valence-electron chi connectivity index (χ1n) is 8.98. The predicted molar refractivity (Wildman–Crippen MR) is 105 cm³/mol. The molecule has 1 atom stereocenters. The summed E-state index contributed by atoms with van der Waals surface area (Å²) < 4.78 is 5.56. The molecular formula is C21H29N3O. The number of hydrogen-bond donors (Lipinski definition) is 2. The minimum Gasteiger partial charge on any atom is -0.377 e. The summed E-state index contributed by atoms with van der Waals surface area (Å²) in [6.45, 7) is 9.04. The molecule has 0 aliphatic heterocycles. The summed E-state index contributed by atoms with van der Waals surface area (Å²) in [7, 11) is 0. The van der Waals surface area contributed by atoms with E-state index in [0.717, 1.165) is 19.1 Å². The van der Waals surface area contributed by atoms with Gasteiger partial charge in [0.15, 0.2) is 5.96 Å². The topological polar surface area (TPSA) is 45.7 Å². The third-order valence-corrected chi connectivity index (χ3v) is 3.98. The SMILES string of the molecule is CCNC(=NCc1ccccc1COCC)NC(C)c1ccccc1. The van der Waals surface area contributed by atoms with Crippen LogP contribution in [0.15, 0.2) is 59.6 Å². The molecule has 0 bridgehead atoms. The van der Waals surface area contributed by atoms with Gasteiger partial charge in [-0.25, -0.2) is 4.99 Å². The average molecular weight is 339 g/mol. The second kappa shape index (κ2) is 10.5. The minimum atomic E-state index is 0.192. The summed E-state index contributed by atoms with van der Waals surface area (Å²) in [5.74, 6) is 0.824. The van der Waals surface area contributed by atoms with Crippen LogP contribution >= 0.6 is 0 Å². The number of nitrogens with one attached hydrogen (secondary N) is 2. The Morgan fingerprint density at radius 1 is 1.00 bits per heavy atom. The zero-order valence-electron chi connectivity index (χ0n) is 15.5. The maximum atomic E-state index is 5.56. The van der Waals surface area contributed by atoms with E-state index in [4.69, 9.17) is 9.73 Å². The molecule has 4 nitrogen and oxygen atoms in total. The second-order valence-corrected chi connectivity index (χ2v) is 5.88. The van der Waals surface area contributed by atoms with Crippen molar-refractivity contribution in [1.29, 1.82) is 0 Å². The Morgan fingerprint density at radius 2 is 1.68 bits per heavy atom. The largest absolute Gasteiger partial charge is 0.377 e. The van der Waals surface area contributed by atoms with Crippen LogP contribution in [0.25, 0.3) is 0 Å². The molecule has 2 aromatic rings. The molecule has 25 heavy (non-hydrogen) atoms. The molecular weight excluding hydrogens is 310 g/mol. The summed E-state index contributed by atoms with van der Waals surface area (Å²) in [5.41, 5.74) is 3.63. The monoisotopic (exact) mass is 339 g/mol. The van der Waals surface area contributed by atoms with E-state index in [2.05, 4.69) is 60.9 Å². The van der Waals surface area contributed by atoms with Gasteiger partial charge >= 0.3 is 0 Å². The zero-order valence-corrected chi connectivity index (χ0v) is 15.5. The summed E-state index contributed by atoms with van der Waals surface area (Å²) in [6.07, 6.45) is 0. The smallest absolute Gasteiger partial charge is 0.192 e. The molecule has 0 amide bonds. The fraction of sp³-hybridized carbons (Fsp3) is 0.381. The minimum absolute atomic E-state index is 0.192. The highest BCUT2D eigenvalue weighted by Crippen LogP contribution is 2.13. The van der Waals surface area contributed by atoms with Crippen LogP contribution in [0.4, 0.5) is 0 Å². The summed E-state index contributed by atoms with van der Waals surface area (Å²) >= 11 is 0. The van der Waals surface area contributed by atoms with Gasteiger partial charge < -0.3 is 15.4 Å². The highest BCUT2D eigenvalue weighted by Gasteiger charge is 2.08. The molecule has 0 aromatic heterocycles. The van der Waals surface area contributed by atoms with Gasteiger partial charge in [0.05, 0.1) is 19.2 Å². The number of hydrogen-bond acceptors (Lipinski definition) is 2. The van der Waals surface area contributed by atoms with Crippen LogP contribution in [0.5, 0.6) is 0 Å². The van der Waals surface area contributed by atoms with E-state index in [1.165, 1.54) is 16.7 Å². The Balaban J connectivity index is 2.07. The summed E-state index contributed by atoms with van der Waals surface area (Å²) in [5, 5.41) is 6.80. The second-order valence-electron chi connectivity index (χ2n) is 5.88. The third-order valence-electron chi connectivity index (χ3n) is 3.98. The van der Waals surface area contributed by atoms with Gasteiger partial charge in [0.2, 0.25) is 0 Å². The molecule has 1 unspecified atom stereocenters. The molecule has 0 radical (unpaired) electrons. The summed E-state index contributed by atoms with van der Waals surface area (Å²) in [6, 6.07) is 18.9. The van der Waals surface area contributed by atoms with Gasteiger partial charge in [0.1, 0.15) is 0 Å². The van der Waals surface area contributed by atoms with Crippen molar-refractivity contribution >= 4 is 5.96 Å². The molecule has 0 aliphatic rings. The highest BCUT2D eigenvalue weighted by molar-refractivity contribution is 5.80. The standard InChI is InChI=1S/C21H29N3O/c1-4-22-21(24-17(3)18-11-7-6-8-12-18)23-15-19-13-9-10-14-20(19)16-25-5-2/h6-14,17H,4-5,15-16H2,1-3H3,(H2,22,23,24). The van der Waals surface area contributed by atoms with Gasteiger partial charge in [-0.15, -0.1) is 0 Å². The quantitative estimate of drug-likeness (QED) is 0.563. The van der Waals surface area contributed by atoms with Crippen molar-refractivity contribution in [2.24, 2.45) is 4.99 Å². The molecule has 4 heteroatoms. The third kappa shape index (κ3) is 6.24. The Kier molecular flexibility index (Phi) is 7.99. The molecule has 0 saturated carbocycles. The van der Waals surface area contributed by atoms with Crippen molar-refractivity contribution in [3.8, 4) is 0 Å². The van der Waals surface area contributed by atoms with Gasteiger partial charge in [-0.1, -0.05) is 54.6 Å². The van der Waals surface area contributed by atoms with E-state index in [1.807, 2.05) is 25.1 Å². The van der Waals surface area contributed by atoms with Crippen molar-refractivity contribution in [2.45, 2.75) is 40.0 Å². The van der Waals surface area contributed by atoms with Crippen molar-refractivity contribution in [1.82, 2.24) is 10.6 Å². The molecule has 2 N–H and O–H groups in total. The van der Waals surface area contributed by atoms with Crippen LogP contribution in [0.3, 0.4) is 0 Å². The van der Waals surface area contributed by atoms with Gasteiger partial charge in [0, 0.05) is 13.2 Å². The molecule has 2 rings (SSSR count). The molecule has 0 saturated heterocycles. The summed E-state index contributed by atoms with van der Waals surface area (Å²) in [4.78, 5) is 4.76. The van der Waals surface area contributed by atoms with Crippen LogP contribution in [0.1, 0.15) is 43.5 Å². The van der Waals surface area contributed by atoms with Crippen molar-refractivity contribution in [3.63, 3.8) is 0 Å². The molecule has 2 aromatic carbocycles. The van der Waals surface area contributed by atoms with Gasteiger partial charge in [-0.05, 0) is 37.5 Å². The normalized spacial score (nSPS) is 12.7. The number of aliphatic imine (C=N–C) groups is 1. The van der Waals surface area contributed by atoms with Crippen LogP contribution < -0.4 is 10.6 Å². The van der Waals surface area contributed by atoms with E-state index in [1.54, 1.807) is 0 Å². The van der Waals surface area contributed by atoms with Crippen LogP contribution in [-0.2, 0) is 17.9 Å². The predicted octanol–water partition coefficient (Wildman–Crippen LogP) is 4.04. The van der Waals surface area contributed by atoms with E-state index in [-0.39, 0.29) is 6.04 Å². The van der Waals surface area contributed by atoms with E-state index in [9.17, 15) is 0 Å². The number of rotatable bonds is 8. The van der Waals surface area contributed by atoms with Crippen LogP contribution in [0, 0.1) is 0 Å². The number of benzene rings is 2. The lowest BCUT2D eigenvalue weighted by atomic mass is 10.1. The number of guanidine groups is 1. The zero-order chi connectivity index (χ0) is 17.9. The first-order chi connectivity index (χ1) is 12.2. The lowest BCUT2D eigenvalue weighted by Gasteiger charge is -2.18. The first-order valence-corrected chi connectivity index (χ1v) is 8.98. The van der Waals surface area contributed by atoms with Crippen molar-refractivity contribution in [2.75, 3.05) is 13.2 Å². The first kappa shape index (κ1) is 19.0. The van der Waals surface area contributed by atoms with Crippen LogP contribution in [-0.4, -0.2) is 19.1 Å². The Morgan fingerprint density at radius 3 is 2.36 bits per heavy atom. The van der Waals surface area contributed by atoms with Crippen molar-refractivity contribution < 1.29 is 4.74 Å². The molecule has 0 heterocycles. The molecule has 0 aliphatic carbocycles. The van der Waals surface area contributed by atoms with E-state index in [0.29, 0.717) is 13.2 Å². The Hall–Kier alpha value is -2.33.